The molecular weight excluding hydrogens is 244 g/mol. The molecule has 0 aliphatic carbocycles. The van der Waals surface area contributed by atoms with Crippen molar-refractivity contribution in [1.82, 2.24) is 5.32 Å². The van der Waals surface area contributed by atoms with E-state index in [2.05, 4.69) is 10.6 Å². The van der Waals surface area contributed by atoms with Crippen LogP contribution in [0.3, 0.4) is 0 Å². The number of carboxylic acid groups (broad SMARTS) is 1. The van der Waals surface area contributed by atoms with Gasteiger partial charge in [0.2, 0.25) is 5.91 Å². The molecule has 2 rings (SSSR count). The molecule has 0 radical (unpaired) electrons. The van der Waals surface area contributed by atoms with Crippen LogP contribution in [0, 0.1) is 0 Å². The van der Waals surface area contributed by atoms with E-state index in [9.17, 15) is 9.59 Å². The highest BCUT2D eigenvalue weighted by atomic mass is 35.5. The number of rotatable bonds is 3. The normalized spacial score (nSPS) is 23.2. The minimum absolute atomic E-state index is 0.233. The van der Waals surface area contributed by atoms with Gasteiger partial charge in [-0.05, 0) is 24.3 Å². The quantitative estimate of drug-likeness (QED) is 0.755. The van der Waals surface area contributed by atoms with Crippen molar-refractivity contribution in [1.29, 1.82) is 0 Å². The van der Waals surface area contributed by atoms with Gasteiger partial charge in [0.1, 0.15) is 12.1 Å². The molecule has 1 amide bonds. The Balaban J connectivity index is 2.02. The molecule has 0 spiro atoms. The maximum atomic E-state index is 11.5. The summed E-state index contributed by atoms with van der Waals surface area (Å²) in [5.41, 5.74) is 0.737. The zero-order valence-electron chi connectivity index (χ0n) is 8.81. The number of halogens is 1. The van der Waals surface area contributed by atoms with Crippen LogP contribution in [0.25, 0.3) is 0 Å². The average Bonchev–Trinajstić information content (AvgIpc) is 2.64. The largest absolute Gasteiger partial charge is 0.480 e. The van der Waals surface area contributed by atoms with Crippen molar-refractivity contribution in [3.05, 3.63) is 29.3 Å². The highest BCUT2D eigenvalue weighted by molar-refractivity contribution is 6.30. The van der Waals surface area contributed by atoms with E-state index in [1.807, 2.05) is 0 Å². The van der Waals surface area contributed by atoms with Gasteiger partial charge in [0.15, 0.2) is 0 Å². The third-order valence-electron chi connectivity index (χ3n) is 2.59. The summed E-state index contributed by atoms with van der Waals surface area (Å²) in [5.74, 6) is -1.31. The lowest BCUT2D eigenvalue weighted by atomic mass is 10.1. The number of hydrogen-bond donors (Lipinski definition) is 3. The number of benzene rings is 1. The molecule has 0 saturated carbocycles. The van der Waals surface area contributed by atoms with Crippen LogP contribution < -0.4 is 10.6 Å². The Kier molecular flexibility index (Phi) is 3.19. The van der Waals surface area contributed by atoms with Crippen molar-refractivity contribution in [3.8, 4) is 0 Å². The topological polar surface area (TPSA) is 78.4 Å². The van der Waals surface area contributed by atoms with Crippen molar-refractivity contribution in [2.75, 3.05) is 5.32 Å². The maximum absolute atomic E-state index is 11.5. The number of amides is 1. The van der Waals surface area contributed by atoms with Gasteiger partial charge in [-0.2, -0.15) is 0 Å². The van der Waals surface area contributed by atoms with Crippen molar-refractivity contribution in [2.45, 2.75) is 18.5 Å². The molecule has 0 aromatic heterocycles. The number of carbonyl (C=O) groups excluding carboxylic acids is 1. The van der Waals surface area contributed by atoms with E-state index in [-0.39, 0.29) is 12.3 Å². The Bertz CT molecular complexity index is 447. The van der Waals surface area contributed by atoms with Crippen LogP contribution in [0.2, 0.25) is 5.02 Å². The van der Waals surface area contributed by atoms with Crippen LogP contribution in [0.5, 0.6) is 0 Å². The van der Waals surface area contributed by atoms with Gasteiger partial charge in [0, 0.05) is 17.1 Å². The molecule has 90 valence electrons. The Morgan fingerprint density at radius 1 is 1.41 bits per heavy atom. The summed E-state index contributed by atoms with van der Waals surface area (Å²) in [7, 11) is 0. The highest BCUT2D eigenvalue weighted by Crippen LogP contribution is 2.18. The van der Waals surface area contributed by atoms with Crippen molar-refractivity contribution < 1.29 is 14.7 Å². The predicted molar refractivity (Wildman–Crippen MR) is 63.0 cm³/mol. The maximum Gasteiger partial charge on any atom is 0.326 e. The third-order valence-corrected chi connectivity index (χ3v) is 2.84. The molecule has 1 fully saturated rings. The standard InChI is InChI=1S/C11H11ClN2O3/c12-6-1-3-7(4-2-6)13-8-5-9(11(16)17)14-10(8)15/h1-4,8-9,13H,5H2,(H,14,15)(H,16,17)/t8-,9+/m0/s1. The summed E-state index contributed by atoms with van der Waals surface area (Å²) < 4.78 is 0. The SMILES string of the molecule is O=C1N[C@@H](C(=O)O)C[C@@H]1Nc1ccc(Cl)cc1. The smallest absolute Gasteiger partial charge is 0.326 e. The van der Waals surface area contributed by atoms with Gasteiger partial charge in [-0.1, -0.05) is 11.6 Å². The number of hydrogen-bond acceptors (Lipinski definition) is 3. The average molecular weight is 255 g/mol. The van der Waals surface area contributed by atoms with Gasteiger partial charge >= 0.3 is 5.97 Å². The van der Waals surface area contributed by atoms with E-state index in [0.717, 1.165) is 5.69 Å². The Morgan fingerprint density at radius 3 is 2.59 bits per heavy atom. The lowest BCUT2D eigenvalue weighted by molar-refractivity contribution is -0.140. The van der Waals surface area contributed by atoms with Crippen molar-refractivity contribution in [3.63, 3.8) is 0 Å². The molecule has 1 aromatic rings. The Morgan fingerprint density at radius 2 is 2.06 bits per heavy atom. The molecule has 1 aliphatic heterocycles. The van der Waals surface area contributed by atoms with Crippen LogP contribution in [-0.4, -0.2) is 29.1 Å². The first kappa shape index (κ1) is 11.7. The molecule has 1 aliphatic rings. The number of nitrogens with one attached hydrogen (secondary N) is 2. The van der Waals surface area contributed by atoms with Gasteiger partial charge in [-0.25, -0.2) is 4.79 Å². The molecule has 0 bridgehead atoms. The number of anilines is 1. The fourth-order valence-corrected chi connectivity index (χ4v) is 1.83. The molecule has 5 nitrogen and oxygen atoms in total. The number of carbonyl (C=O) groups is 2. The van der Waals surface area contributed by atoms with Gasteiger partial charge in [-0.3, -0.25) is 4.79 Å². The molecule has 17 heavy (non-hydrogen) atoms. The molecule has 3 N–H and O–H groups in total. The molecule has 1 heterocycles. The molecule has 1 saturated heterocycles. The first-order valence-electron chi connectivity index (χ1n) is 5.11. The zero-order valence-corrected chi connectivity index (χ0v) is 9.57. The second-order valence-electron chi connectivity index (χ2n) is 3.84. The van der Waals surface area contributed by atoms with Crippen LogP contribution in [0.1, 0.15) is 6.42 Å². The molecular formula is C11H11ClN2O3. The minimum Gasteiger partial charge on any atom is -0.480 e. The summed E-state index contributed by atoms with van der Waals surface area (Å²) in [6.07, 6.45) is 0.233. The third kappa shape index (κ3) is 2.68. The van der Waals surface area contributed by atoms with Crippen LogP contribution in [0.4, 0.5) is 5.69 Å². The fourth-order valence-electron chi connectivity index (χ4n) is 1.71. The Labute approximate surface area is 103 Å². The summed E-state index contributed by atoms with van der Waals surface area (Å²) in [5, 5.41) is 14.8. The first-order valence-corrected chi connectivity index (χ1v) is 5.49. The molecule has 0 unspecified atom stereocenters. The molecule has 1 aromatic carbocycles. The van der Waals surface area contributed by atoms with Crippen LogP contribution >= 0.6 is 11.6 Å². The van der Waals surface area contributed by atoms with E-state index in [1.165, 1.54) is 0 Å². The van der Waals surface area contributed by atoms with E-state index in [4.69, 9.17) is 16.7 Å². The Hall–Kier alpha value is -1.75. The predicted octanol–water partition coefficient (Wildman–Crippen LogP) is 1.09. The van der Waals surface area contributed by atoms with E-state index < -0.39 is 18.1 Å². The monoisotopic (exact) mass is 254 g/mol. The lowest BCUT2D eigenvalue weighted by Crippen LogP contribution is -2.34. The van der Waals surface area contributed by atoms with Gasteiger partial charge in [0.05, 0.1) is 0 Å². The van der Waals surface area contributed by atoms with Crippen molar-refractivity contribution in [2.24, 2.45) is 0 Å². The highest BCUT2D eigenvalue weighted by Gasteiger charge is 2.35. The van der Waals surface area contributed by atoms with Gasteiger partial charge in [-0.15, -0.1) is 0 Å². The number of aliphatic carboxylic acids is 1. The van der Waals surface area contributed by atoms with E-state index >= 15 is 0 Å². The summed E-state index contributed by atoms with van der Waals surface area (Å²) in [4.78, 5) is 22.2. The van der Waals surface area contributed by atoms with Crippen LogP contribution in [-0.2, 0) is 9.59 Å². The van der Waals surface area contributed by atoms with E-state index in [1.54, 1.807) is 24.3 Å². The van der Waals surface area contributed by atoms with Crippen LogP contribution in [0.15, 0.2) is 24.3 Å². The molecule has 6 heteroatoms. The second kappa shape index (κ2) is 4.63. The fraction of sp³-hybridized carbons (Fsp3) is 0.273. The second-order valence-corrected chi connectivity index (χ2v) is 4.28. The van der Waals surface area contributed by atoms with Gasteiger partial charge in [0.25, 0.3) is 0 Å². The number of carboxylic acids is 1. The van der Waals surface area contributed by atoms with Gasteiger partial charge < -0.3 is 15.7 Å². The lowest BCUT2D eigenvalue weighted by Gasteiger charge is -2.11. The van der Waals surface area contributed by atoms with E-state index in [0.29, 0.717) is 5.02 Å². The minimum atomic E-state index is -1.02. The van der Waals surface area contributed by atoms with Crippen molar-refractivity contribution >= 4 is 29.2 Å². The summed E-state index contributed by atoms with van der Waals surface area (Å²) in [6.45, 7) is 0. The molecule has 2 atom stereocenters. The summed E-state index contributed by atoms with van der Waals surface area (Å²) >= 11 is 5.74. The zero-order chi connectivity index (χ0) is 12.4. The first-order chi connectivity index (χ1) is 8.06. The summed E-state index contributed by atoms with van der Waals surface area (Å²) in [6, 6.07) is 5.55.